The largest absolute Gasteiger partial charge is 0.356 e. The van der Waals surface area contributed by atoms with Crippen molar-refractivity contribution in [1.82, 2.24) is 5.43 Å². The summed E-state index contributed by atoms with van der Waals surface area (Å²) in [7, 11) is 1.49. The highest BCUT2D eigenvalue weighted by Crippen LogP contribution is 1.66. The fourth-order valence-electron chi connectivity index (χ4n) is 0.182. The first-order chi connectivity index (χ1) is 3.31. The fraction of sp³-hybridized carbons (Fsp3) is 1.00. The Bertz CT molecular complexity index is 64.0. The van der Waals surface area contributed by atoms with Gasteiger partial charge in [-0.05, 0) is 6.92 Å². The lowest BCUT2D eigenvalue weighted by Gasteiger charge is -1.82. The van der Waals surface area contributed by atoms with E-state index in [0.29, 0.717) is 11.6 Å². The average Bonchev–Trinajstić information content (AvgIpc) is 1.68. The van der Waals surface area contributed by atoms with Gasteiger partial charge in [-0.15, -0.1) is 5.43 Å². The summed E-state index contributed by atoms with van der Waals surface area (Å²) in [5.41, 5.74) is 2.22. The molecule has 0 aromatic rings. The molecule has 0 rings (SSSR count). The van der Waals surface area contributed by atoms with Crippen molar-refractivity contribution in [1.29, 1.82) is 0 Å². The Hall–Kier alpha value is -0.800. The van der Waals surface area contributed by atoms with Crippen molar-refractivity contribution in [2.24, 2.45) is 0 Å². The molecule has 0 fully saturated rings. The molecule has 7 heavy (non-hydrogen) atoms. The van der Waals surface area contributed by atoms with E-state index in [1.807, 2.05) is 0 Å². The van der Waals surface area contributed by atoms with Gasteiger partial charge in [0.1, 0.15) is 4.91 Å². The zero-order valence-electron chi connectivity index (χ0n) is 4.47. The molecule has 0 saturated carbocycles. The van der Waals surface area contributed by atoms with Gasteiger partial charge >= 0.3 is 5.03 Å². The van der Waals surface area contributed by atoms with Crippen LogP contribution < -0.4 is 5.43 Å². The SMILES string of the molecule is CCO[N+](=O)NC. The normalized spacial score (nSPS) is 7.71. The zero-order chi connectivity index (χ0) is 5.70. The maximum atomic E-state index is 10.00. The van der Waals surface area contributed by atoms with Crippen LogP contribution in [0.1, 0.15) is 6.92 Å². The molecule has 0 unspecified atom stereocenters. The monoisotopic (exact) mass is 105 g/mol. The van der Waals surface area contributed by atoms with E-state index < -0.39 is 0 Å². The number of hydrogen-bond acceptors (Lipinski definition) is 2. The maximum absolute atomic E-state index is 10.00. The molecule has 42 valence electrons. The predicted octanol–water partition coefficient (Wildman–Crippen LogP) is -0.149. The maximum Gasteiger partial charge on any atom is 0.356 e. The standard InChI is InChI=1S/C3H9N2O2/c1-3-7-5(6)4-2/h3H2,1-2H3,(H,4,6)/q+1. The lowest BCUT2D eigenvalue weighted by Crippen LogP contribution is -2.21. The van der Waals surface area contributed by atoms with Crippen LogP contribution in [0.5, 0.6) is 0 Å². The van der Waals surface area contributed by atoms with Gasteiger partial charge in [0.25, 0.3) is 0 Å². The van der Waals surface area contributed by atoms with Crippen molar-refractivity contribution in [3.8, 4) is 0 Å². The van der Waals surface area contributed by atoms with Gasteiger partial charge in [-0.3, -0.25) is 0 Å². The van der Waals surface area contributed by atoms with Crippen molar-refractivity contribution in [3.05, 3.63) is 4.91 Å². The Morgan fingerprint density at radius 2 is 2.43 bits per heavy atom. The van der Waals surface area contributed by atoms with Crippen LogP contribution >= 0.6 is 0 Å². The molecule has 4 heteroatoms. The van der Waals surface area contributed by atoms with Gasteiger partial charge in [0.05, 0.1) is 7.05 Å². The predicted molar refractivity (Wildman–Crippen MR) is 24.3 cm³/mol. The Balaban J connectivity index is 3.00. The molecular formula is C3H9N2O2+. The summed E-state index contributed by atoms with van der Waals surface area (Å²) in [4.78, 5) is 14.4. The van der Waals surface area contributed by atoms with Crippen LogP contribution in [0.3, 0.4) is 0 Å². The third-order valence-electron chi connectivity index (χ3n) is 0.429. The lowest BCUT2D eigenvalue weighted by atomic mass is 10.9. The molecule has 0 bridgehead atoms. The second-order valence-electron chi connectivity index (χ2n) is 0.898. The summed E-state index contributed by atoms with van der Waals surface area (Å²) >= 11 is 0. The van der Waals surface area contributed by atoms with Crippen LogP contribution in [0.4, 0.5) is 0 Å². The van der Waals surface area contributed by atoms with E-state index in [1.165, 1.54) is 7.05 Å². The van der Waals surface area contributed by atoms with Gasteiger partial charge in [0.15, 0.2) is 6.61 Å². The number of rotatable bonds is 3. The van der Waals surface area contributed by atoms with E-state index in [9.17, 15) is 4.91 Å². The van der Waals surface area contributed by atoms with E-state index >= 15 is 0 Å². The lowest BCUT2D eigenvalue weighted by molar-refractivity contribution is -0.840. The molecular weight excluding hydrogens is 96.0 g/mol. The van der Waals surface area contributed by atoms with Crippen molar-refractivity contribution in [2.75, 3.05) is 13.7 Å². The Morgan fingerprint density at radius 1 is 1.86 bits per heavy atom. The van der Waals surface area contributed by atoms with Crippen LogP contribution in [0.25, 0.3) is 0 Å². The van der Waals surface area contributed by atoms with Crippen LogP contribution in [-0.2, 0) is 4.84 Å². The average molecular weight is 105 g/mol. The molecule has 0 aliphatic carbocycles. The number of nitrogens with one attached hydrogen (secondary N) is 1. The second-order valence-corrected chi connectivity index (χ2v) is 0.898. The summed E-state index contributed by atoms with van der Waals surface area (Å²) in [5, 5.41) is 0.306. The van der Waals surface area contributed by atoms with Gasteiger partial charge in [-0.1, -0.05) is 0 Å². The quantitative estimate of drug-likeness (QED) is 0.507. The number of hydrazine groups is 1. The van der Waals surface area contributed by atoms with E-state index in [1.54, 1.807) is 6.92 Å². The van der Waals surface area contributed by atoms with E-state index in [0.717, 1.165) is 0 Å². The minimum atomic E-state index is 0.306. The van der Waals surface area contributed by atoms with Gasteiger partial charge in [-0.25, -0.2) is 4.84 Å². The van der Waals surface area contributed by atoms with Crippen LogP contribution in [0, 0.1) is 4.91 Å². The van der Waals surface area contributed by atoms with Crippen molar-refractivity contribution in [2.45, 2.75) is 6.92 Å². The molecule has 1 N–H and O–H groups in total. The Morgan fingerprint density at radius 3 is 2.57 bits per heavy atom. The molecule has 0 spiro atoms. The minimum Gasteiger partial charge on any atom is -0.206 e. The third kappa shape index (κ3) is 3.02. The molecule has 4 nitrogen and oxygen atoms in total. The van der Waals surface area contributed by atoms with E-state index in [2.05, 4.69) is 10.3 Å². The van der Waals surface area contributed by atoms with Gasteiger partial charge in [0.2, 0.25) is 0 Å². The first-order valence-corrected chi connectivity index (χ1v) is 2.08. The first kappa shape index (κ1) is 6.20. The molecule has 0 saturated heterocycles. The van der Waals surface area contributed by atoms with Crippen LogP contribution in [-0.4, -0.2) is 18.7 Å². The summed E-state index contributed by atoms with van der Waals surface area (Å²) in [5.74, 6) is 0. The molecule has 0 heterocycles. The Labute approximate surface area is 42.0 Å². The summed E-state index contributed by atoms with van der Waals surface area (Å²) in [6, 6.07) is 0. The first-order valence-electron chi connectivity index (χ1n) is 2.08. The highest BCUT2D eigenvalue weighted by molar-refractivity contribution is 3.92. The topological polar surface area (TPSA) is 41.3 Å². The molecule has 0 aromatic heterocycles. The van der Waals surface area contributed by atoms with Crippen molar-refractivity contribution >= 4 is 0 Å². The molecule has 0 atom stereocenters. The third-order valence-corrected chi connectivity index (χ3v) is 0.429. The van der Waals surface area contributed by atoms with Crippen molar-refractivity contribution in [3.63, 3.8) is 0 Å². The molecule has 0 aliphatic heterocycles. The zero-order valence-corrected chi connectivity index (χ0v) is 4.47. The minimum absolute atomic E-state index is 0.306. The Kier molecular flexibility index (Phi) is 3.00. The van der Waals surface area contributed by atoms with Gasteiger partial charge < -0.3 is 0 Å². The molecule has 0 amide bonds. The molecule has 0 radical (unpaired) electrons. The second kappa shape index (κ2) is 3.39. The highest BCUT2D eigenvalue weighted by Gasteiger charge is 1.98. The van der Waals surface area contributed by atoms with Crippen LogP contribution in [0.2, 0.25) is 0 Å². The van der Waals surface area contributed by atoms with E-state index in [4.69, 9.17) is 0 Å². The summed E-state index contributed by atoms with van der Waals surface area (Å²) in [6.07, 6.45) is 0. The highest BCUT2D eigenvalue weighted by atomic mass is 16.8. The van der Waals surface area contributed by atoms with Gasteiger partial charge in [-0.2, -0.15) is 0 Å². The van der Waals surface area contributed by atoms with E-state index in [-0.39, 0.29) is 0 Å². The van der Waals surface area contributed by atoms with Crippen molar-refractivity contribution < 1.29 is 9.87 Å². The fourth-order valence-corrected chi connectivity index (χ4v) is 0.182. The van der Waals surface area contributed by atoms with Gasteiger partial charge in [0, 0.05) is 0 Å². The molecule has 0 aromatic carbocycles. The number of hydrogen-bond donors (Lipinski definition) is 1. The summed E-state index contributed by atoms with van der Waals surface area (Å²) < 4.78 is 0. The smallest absolute Gasteiger partial charge is 0.206 e. The summed E-state index contributed by atoms with van der Waals surface area (Å²) in [6.45, 7) is 2.13. The van der Waals surface area contributed by atoms with Crippen LogP contribution in [0.15, 0.2) is 0 Å². The number of nitrogens with zero attached hydrogens (tertiary/aromatic N) is 1. The molecule has 0 aliphatic rings.